The lowest BCUT2D eigenvalue weighted by Crippen LogP contribution is -2.42. The van der Waals surface area contributed by atoms with Gasteiger partial charge < -0.3 is 15.5 Å². The van der Waals surface area contributed by atoms with Crippen LogP contribution in [0.4, 0.5) is 4.39 Å². The summed E-state index contributed by atoms with van der Waals surface area (Å²) in [6, 6.07) is 30.3. The Labute approximate surface area is 216 Å². The van der Waals surface area contributed by atoms with Gasteiger partial charge in [0.15, 0.2) is 0 Å². The summed E-state index contributed by atoms with van der Waals surface area (Å²) in [6.07, 6.45) is 0.735. The number of hydrogen-bond donors (Lipinski definition) is 2. The third kappa shape index (κ3) is 6.04. The number of fused-ring (bicyclic) bond motifs is 1. The summed E-state index contributed by atoms with van der Waals surface area (Å²) >= 11 is 0. The van der Waals surface area contributed by atoms with E-state index >= 15 is 0 Å². The van der Waals surface area contributed by atoms with Crippen LogP contribution in [0.15, 0.2) is 97.1 Å². The molecule has 5 nitrogen and oxygen atoms in total. The van der Waals surface area contributed by atoms with Crippen LogP contribution in [0.3, 0.4) is 0 Å². The van der Waals surface area contributed by atoms with Gasteiger partial charge in [-0.05, 0) is 52.6 Å². The number of carbonyl (C=O) groups is 2. The maximum atomic E-state index is 13.4. The Balaban J connectivity index is 1.21. The highest BCUT2D eigenvalue weighted by atomic mass is 19.1. The Morgan fingerprint density at radius 1 is 0.919 bits per heavy atom. The van der Waals surface area contributed by atoms with Gasteiger partial charge in [-0.15, -0.1) is 0 Å². The first kappa shape index (κ1) is 24.7. The second kappa shape index (κ2) is 11.4. The summed E-state index contributed by atoms with van der Waals surface area (Å²) in [5.74, 6) is -0.336. The van der Waals surface area contributed by atoms with Gasteiger partial charge in [0.2, 0.25) is 5.91 Å². The highest BCUT2D eigenvalue weighted by Gasteiger charge is 2.26. The minimum Gasteiger partial charge on any atom is -0.350 e. The van der Waals surface area contributed by atoms with Gasteiger partial charge >= 0.3 is 0 Å². The molecule has 6 heteroatoms. The lowest BCUT2D eigenvalue weighted by molar-refractivity contribution is -0.129. The number of nitrogens with zero attached hydrogens (tertiary/aromatic N) is 1. The molecule has 1 saturated heterocycles. The number of benzene rings is 4. The number of hydrogen-bond acceptors (Lipinski definition) is 3. The first-order valence-corrected chi connectivity index (χ1v) is 12.7. The van der Waals surface area contributed by atoms with E-state index in [1.165, 1.54) is 23.3 Å². The van der Waals surface area contributed by atoms with Crippen LogP contribution in [0, 0.1) is 5.82 Å². The highest BCUT2D eigenvalue weighted by molar-refractivity contribution is 5.98. The highest BCUT2D eigenvalue weighted by Crippen LogP contribution is 2.26. The van der Waals surface area contributed by atoms with Crippen molar-refractivity contribution in [2.75, 3.05) is 26.2 Å². The second-order valence-electron chi connectivity index (χ2n) is 9.50. The van der Waals surface area contributed by atoms with E-state index in [0.29, 0.717) is 25.2 Å². The second-order valence-corrected chi connectivity index (χ2v) is 9.50. The average molecular weight is 496 g/mol. The zero-order valence-corrected chi connectivity index (χ0v) is 20.6. The number of rotatable bonds is 7. The fourth-order valence-electron chi connectivity index (χ4n) is 4.92. The molecule has 188 valence electrons. The van der Waals surface area contributed by atoms with Crippen molar-refractivity contribution < 1.29 is 14.0 Å². The van der Waals surface area contributed by atoms with Crippen molar-refractivity contribution in [3.8, 4) is 0 Å². The molecule has 1 aliphatic rings. The van der Waals surface area contributed by atoms with Crippen molar-refractivity contribution in [1.82, 2.24) is 15.5 Å². The summed E-state index contributed by atoms with van der Waals surface area (Å²) < 4.78 is 13.4. The molecule has 4 aromatic rings. The van der Waals surface area contributed by atoms with Crippen LogP contribution in [0.2, 0.25) is 0 Å². The van der Waals surface area contributed by atoms with Gasteiger partial charge in [0.25, 0.3) is 5.91 Å². The molecule has 2 N–H and O–H groups in total. The number of carbonyl (C=O) groups excluding carboxylic acids is 2. The molecule has 1 fully saturated rings. The molecule has 0 bridgehead atoms. The van der Waals surface area contributed by atoms with E-state index in [9.17, 15) is 14.0 Å². The SMILES string of the molecule is O=C(NC[C@@H]1CCN(CC(c2ccccc2)c2ccccc2)C(=O)CN1)c1ccc2cc(F)ccc2c1. The molecular formula is C31H30FN3O2. The van der Waals surface area contributed by atoms with Gasteiger partial charge in [-0.3, -0.25) is 9.59 Å². The van der Waals surface area contributed by atoms with Gasteiger partial charge in [0, 0.05) is 37.2 Å². The van der Waals surface area contributed by atoms with Crippen LogP contribution in [0.25, 0.3) is 10.8 Å². The molecule has 1 heterocycles. The zero-order chi connectivity index (χ0) is 25.6. The number of nitrogens with one attached hydrogen (secondary N) is 2. The van der Waals surface area contributed by atoms with Crippen molar-refractivity contribution in [2.45, 2.75) is 18.4 Å². The summed E-state index contributed by atoms with van der Waals surface area (Å²) in [6.45, 7) is 1.87. The van der Waals surface area contributed by atoms with E-state index in [2.05, 4.69) is 34.9 Å². The van der Waals surface area contributed by atoms with Crippen molar-refractivity contribution in [3.05, 3.63) is 120 Å². The van der Waals surface area contributed by atoms with Crippen LogP contribution in [-0.4, -0.2) is 48.9 Å². The Morgan fingerprint density at radius 3 is 2.27 bits per heavy atom. The van der Waals surface area contributed by atoms with Crippen LogP contribution in [0.1, 0.15) is 33.8 Å². The predicted octanol–water partition coefficient (Wildman–Crippen LogP) is 4.73. The van der Waals surface area contributed by atoms with E-state index in [1.807, 2.05) is 41.3 Å². The van der Waals surface area contributed by atoms with Crippen LogP contribution in [-0.2, 0) is 4.79 Å². The molecule has 0 saturated carbocycles. The standard InChI is InChI=1S/C31H30FN3O2/c32-27-14-13-24-17-26(12-11-25(24)18-27)31(37)34-19-28-15-16-35(30(36)20-33-28)21-29(22-7-3-1-4-8-22)23-9-5-2-6-10-23/h1-14,17-18,28-29,33H,15-16,19-21H2,(H,34,37)/t28-/m0/s1. The molecule has 4 aromatic carbocycles. The smallest absolute Gasteiger partial charge is 0.251 e. The van der Waals surface area contributed by atoms with Gasteiger partial charge in [-0.25, -0.2) is 4.39 Å². The molecule has 0 aliphatic carbocycles. The molecule has 0 radical (unpaired) electrons. The van der Waals surface area contributed by atoms with Gasteiger partial charge in [0.1, 0.15) is 5.82 Å². The van der Waals surface area contributed by atoms with Gasteiger partial charge in [-0.1, -0.05) is 72.8 Å². The van der Waals surface area contributed by atoms with Crippen LogP contribution < -0.4 is 10.6 Å². The number of halogens is 1. The van der Waals surface area contributed by atoms with Crippen molar-refractivity contribution in [3.63, 3.8) is 0 Å². The zero-order valence-electron chi connectivity index (χ0n) is 20.6. The Hall–Kier alpha value is -4.03. The largest absolute Gasteiger partial charge is 0.350 e. The minimum atomic E-state index is -0.299. The monoisotopic (exact) mass is 495 g/mol. The minimum absolute atomic E-state index is 0.0145. The summed E-state index contributed by atoms with van der Waals surface area (Å²) in [5.41, 5.74) is 2.89. The fraction of sp³-hybridized carbons (Fsp3) is 0.226. The molecule has 0 aromatic heterocycles. The summed E-state index contributed by atoms with van der Waals surface area (Å²) in [7, 11) is 0. The Kier molecular flexibility index (Phi) is 7.57. The predicted molar refractivity (Wildman–Crippen MR) is 144 cm³/mol. The molecule has 1 aliphatic heterocycles. The Morgan fingerprint density at radius 2 is 1.57 bits per heavy atom. The summed E-state index contributed by atoms with van der Waals surface area (Å²) in [4.78, 5) is 27.7. The summed E-state index contributed by atoms with van der Waals surface area (Å²) in [5, 5.41) is 7.87. The lowest BCUT2D eigenvalue weighted by Gasteiger charge is -2.27. The molecule has 0 spiro atoms. The molecule has 0 unspecified atom stereocenters. The molecule has 2 amide bonds. The lowest BCUT2D eigenvalue weighted by atomic mass is 9.90. The molecule has 5 rings (SSSR count). The van der Waals surface area contributed by atoms with E-state index in [0.717, 1.165) is 17.2 Å². The third-order valence-electron chi connectivity index (χ3n) is 7.02. The topological polar surface area (TPSA) is 61.4 Å². The average Bonchev–Trinajstić information content (AvgIpc) is 3.11. The molecule has 37 heavy (non-hydrogen) atoms. The van der Waals surface area contributed by atoms with Crippen LogP contribution >= 0.6 is 0 Å². The van der Waals surface area contributed by atoms with Crippen molar-refractivity contribution >= 4 is 22.6 Å². The molecular weight excluding hydrogens is 465 g/mol. The van der Waals surface area contributed by atoms with Crippen LogP contribution in [0.5, 0.6) is 0 Å². The third-order valence-corrected chi connectivity index (χ3v) is 7.02. The van der Waals surface area contributed by atoms with E-state index in [1.54, 1.807) is 24.3 Å². The normalized spacial score (nSPS) is 16.1. The fourth-order valence-corrected chi connectivity index (χ4v) is 4.92. The van der Waals surface area contributed by atoms with Gasteiger partial charge in [0.05, 0.1) is 6.54 Å². The van der Waals surface area contributed by atoms with E-state index in [4.69, 9.17) is 0 Å². The maximum Gasteiger partial charge on any atom is 0.251 e. The maximum absolute atomic E-state index is 13.4. The van der Waals surface area contributed by atoms with E-state index < -0.39 is 0 Å². The van der Waals surface area contributed by atoms with E-state index in [-0.39, 0.29) is 36.1 Å². The molecule has 1 atom stereocenters. The first-order valence-electron chi connectivity index (χ1n) is 12.7. The Bertz CT molecular complexity index is 1340. The van der Waals surface area contributed by atoms with Crippen molar-refractivity contribution in [1.29, 1.82) is 0 Å². The van der Waals surface area contributed by atoms with Gasteiger partial charge in [-0.2, -0.15) is 0 Å². The number of amides is 2. The quantitative estimate of drug-likeness (QED) is 0.390. The first-order chi connectivity index (χ1) is 18.1. The van der Waals surface area contributed by atoms with Crippen molar-refractivity contribution in [2.24, 2.45) is 0 Å².